The first-order chi connectivity index (χ1) is 9.35. The molecule has 2 rings (SSSR count). The van der Waals surface area contributed by atoms with E-state index in [2.05, 4.69) is 27.0 Å². The lowest BCUT2D eigenvalue weighted by atomic mass is 10.0. The van der Waals surface area contributed by atoms with E-state index >= 15 is 0 Å². The number of hydrogen-bond donors (Lipinski definition) is 0. The molecule has 0 atom stereocenters. The Hall–Kier alpha value is -1.36. The third kappa shape index (κ3) is 4.07. The third-order valence-corrected chi connectivity index (χ3v) is 3.37. The van der Waals surface area contributed by atoms with Gasteiger partial charge in [-0.05, 0) is 60.3 Å². The van der Waals surface area contributed by atoms with Crippen LogP contribution >= 0.6 is 15.9 Å². The van der Waals surface area contributed by atoms with Gasteiger partial charge in [0.1, 0.15) is 10.2 Å². The van der Waals surface area contributed by atoms with E-state index in [-0.39, 0.29) is 6.09 Å². The molecule has 4 nitrogen and oxygen atoms in total. The summed E-state index contributed by atoms with van der Waals surface area (Å²) in [5, 5.41) is 0. The van der Waals surface area contributed by atoms with Crippen LogP contribution in [-0.4, -0.2) is 34.7 Å². The van der Waals surface area contributed by atoms with E-state index in [1.807, 2.05) is 39.1 Å². The van der Waals surface area contributed by atoms with Gasteiger partial charge in [-0.2, -0.15) is 0 Å². The van der Waals surface area contributed by atoms with E-state index in [9.17, 15) is 4.79 Å². The molecule has 0 unspecified atom stereocenters. The predicted molar refractivity (Wildman–Crippen MR) is 82.3 cm³/mol. The molecule has 1 aliphatic heterocycles. The predicted octanol–water partition coefficient (Wildman–Crippen LogP) is 3.87. The van der Waals surface area contributed by atoms with Crippen molar-refractivity contribution in [1.82, 2.24) is 9.88 Å². The molecule has 0 bridgehead atoms. The smallest absolute Gasteiger partial charge is 0.410 e. The summed E-state index contributed by atoms with van der Waals surface area (Å²) >= 11 is 3.32. The van der Waals surface area contributed by atoms with Crippen molar-refractivity contribution >= 4 is 27.6 Å². The zero-order chi connectivity index (χ0) is 14.8. The Kier molecular flexibility index (Phi) is 4.48. The van der Waals surface area contributed by atoms with Gasteiger partial charge in [-0.15, -0.1) is 0 Å². The molecule has 0 fully saturated rings. The van der Waals surface area contributed by atoms with Gasteiger partial charge in [0, 0.05) is 19.3 Å². The highest BCUT2D eigenvalue weighted by Gasteiger charge is 2.24. The summed E-state index contributed by atoms with van der Waals surface area (Å²) in [7, 11) is 0. The van der Waals surface area contributed by atoms with E-state index in [0.29, 0.717) is 13.1 Å². The molecule has 20 heavy (non-hydrogen) atoms. The SMILES string of the molecule is CC(C)(C)OC(=O)N1CCC=C(c2ccc(Br)nc2)C1. The lowest BCUT2D eigenvalue weighted by molar-refractivity contribution is 0.0273. The van der Waals surface area contributed by atoms with Crippen molar-refractivity contribution in [2.24, 2.45) is 0 Å². The van der Waals surface area contributed by atoms with Crippen LogP contribution in [-0.2, 0) is 4.74 Å². The molecule has 0 radical (unpaired) electrons. The van der Waals surface area contributed by atoms with Crippen molar-refractivity contribution in [3.63, 3.8) is 0 Å². The fraction of sp³-hybridized carbons (Fsp3) is 0.467. The van der Waals surface area contributed by atoms with Gasteiger partial charge in [-0.3, -0.25) is 0 Å². The topological polar surface area (TPSA) is 42.4 Å². The number of amides is 1. The van der Waals surface area contributed by atoms with E-state index in [0.717, 1.165) is 22.2 Å². The summed E-state index contributed by atoms with van der Waals surface area (Å²) < 4.78 is 6.22. The molecule has 0 N–H and O–H groups in total. The highest BCUT2D eigenvalue weighted by atomic mass is 79.9. The highest BCUT2D eigenvalue weighted by molar-refractivity contribution is 9.10. The maximum absolute atomic E-state index is 12.1. The summed E-state index contributed by atoms with van der Waals surface area (Å²) in [6.45, 7) is 6.90. The maximum atomic E-state index is 12.1. The van der Waals surface area contributed by atoms with Crippen LogP contribution in [0, 0.1) is 0 Å². The third-order valence-electron chi connectivity index (χ3n) is 2.90. The van der Waals surface area contributed by atoms with Crippen molar-refractivity contribution in [2.45, 2.75) is 32.8 Å². The zero-order valence-electron chi connectivity index (χ0n) is 12.0. The first-order valence-electron chi connectivity index (χ1n) is 6.64. The number of nitrogens with zero attached hydrogens (tertiary/aromatic N) is 2. The van der Waals surface area contributed by atoms with Gasteiger partial charge in [0.15, 0.2) is 0 Å². The Morgan fingerprint density at radius 2 is 2.15 bits per heavy atom. The number of pyridine rings is 1. The Bertz CT molecular complexity index is 518. The van der Waals surface area contributed by atoms with Crippen LogP contribution in [0.15, 0.2) is 29.0 Å². The van der Waals surface area contributed by atoms with Crippen LogP contribution in [0.25, 0.3) is 5.57 Å². The van der Waals surface area contributed by atoms with Crippen molar-refractivity contribution < 1.29 is 9.53 Å². The number of halogens is 1. The van der Waals surface area contributed by atoms with Gasteiger partial charge in [-0.1, -0.05) is 12.1 Å². The molecule has 1 amide bonds. The normalized spacial score (nSPS) is 15.8. The van der Waals surface area contributed by atoms with Crippen molar-refractivity contribution in [3.05, 3.63) is 34.6 Å². The number of aromatic nitrogens is 1. The van der Waals surface area contributed by atoms with Gasteiger partial charge >= 0.3 is 6.09 Å². The van der Waals surface area contributed by atoms with Crippen LogP contribution in [0.4, 0.5) is 4.79 Å². The second kappa shape index (κ2) is 5.95. The minimum atomic E-state index is -0.461. The second-order valence-corrected chi connectivity index (χ2v) is 6.60. The Labute approximate surface area is 128 Å². The molecule has 0 saturated heterocycles. The number of hydrogen-bond acceptors (Lipinski definition) is 3. The minimum absolute atomic E-state index is 0.256. The molecule has 0 spiro atoms. The van der Waals surface area contributed by atoms with Gasteiger partial charge < -0.3 is 9.64 Å². The Morgan fingerprint density at radius 3 is 2.75 bits per heavy atom. The van der Waals surface area contributed by atoms with Gasteiger partial charge in [0.05, 0.1) is 0 Å². The molecule has 0 aliphatic carbocycles. The number of carbonyl (C=O) groups excluding carboxylic acids is 1. The summed E-state index contributed by atoms with van der Waals surface area (Å²) in [5.41, 5.74) is 1.70. The van der Waals surface area contributed by atoms with Crippen LogP contribution in [0.5, 0.6) is 0 Å². The van der Waals surface area contributed by atoms with E-state index in [4.69, 9.17) is 4.74 Å². The molecule has 108 valence electrons. The average molecular weight is 339 g/mol. The van der Waals surface area contributed by atoms with Gasteiger partial charge in [-0.25, -0.2) is 9.78 Å². The van der Waals surface area contributed by atoms with E-state index in [1.165, 1.54) is 0 Å². The van der Waals surface area contributed by atoms with Crippen molar-refractivity contribution in [3.8, 4) is 0 Å². The molecule has 1 aliphatic rings. The number of ether oxygens (including phenoxy) is 1. The first kappa shape index (κ1) is 15.0. The van der Waals surface area contributed by atoms with Crippen LogP contribution in [0.1, 0.15) is 32.8 Å². The fourth-order valence-corrected chi connectivity index (χ4v) is 2.24. The number of rotatable bonds is 1. The van der Waals surface area contributed by atoms with Crippen molar-refractivity contribution in [2.75, 3.05) is 13.1 Å². The van der Waals surface area contributed by atoms with Crippen LogP contribution in [0.2, 0.25) is 0 Å². The molecule has 0 saturated carbocycles. The molecule has 0 aromatic carbocycles. The summed E-state index contributed by atoms with van der Waals surface area (Å²) in [6.07, 6.45) is 4.55. The van der Waals surface area contributed by atoms with Gasteiger partial charge in [0.25, 0.3) is 0 Å². The monoisotopic (exact) mass is 338 g/mol. The number of carbonyl (C=O) groups is 1. The minimum Gasteiger partial charge on any atom is -0.444 e. The molecule has 1 aromatic heterocycles. The average Bonchev–Trinajstić information content (AvgIpc) is 2.38. The lowest BCUT2D eigenvalue weighted by Crippen LogP contribution is -2.39. The van der Waals surface area contributed by atoms with Crippen molar-refractivity contribution in [1.29, 1.82) is 0 Å². The van der Waals surface area contributed by atoms with Crippen LogP contribution < -0.4 is 0 Å². The van der Waals surface area contributed by atoms with Crippen LogP contribution in [0.3, 0.4) is 0 Å². The Morgan fingerprint density at radius 1 is 1.40 bits per heavy atom. The molecule has 5 heteroatoms. The Balaban J connectivity index is 2.06. The first-order valence-corrected chi connectivity index (χ1v) is 7.43. The van der Waals surface area contributed by atoms with E-state index < -0.39 is 5.60 Å². The molecule has 2 heterocycles. The van der Waals surface area contributed by atoms with E-state index in [1.54, 1.807) is 4.90 Å². The second-order valence-electron chi connectivity index (χ2n) is 5.79. The molecular formula is C15H19BrN2O2. The summed E-state index contributed by atoms with van der Waals surface area (Å²) in [4.78, 5) is 18.1. The quantitative estimate of drug-likeness (QED) is 0.730. The molecular weight excluding hydrogens is 320 g/mol. The fourth-order valence-electron chi connectivity index (χ4n) is 2.00. The summed E-state index contributed by atoms with van der Waals surface area (Å²) in [6, 6.07) is 3.91. The highest BCUT2D eigenvalue weighted by Crippen LogP contribution is 2.22. The zero-order valence-corrected chi connectivity index (χ0v) is 13.6. The maximum Gasteiger partial charge on any atom is 0.410 e. The summed E-state index contributed by atoms with van der Waals surface area (Å²) in [5.74, 6) is 0. The standard InChI is InChI=1S/C15H19BrN2O2/c1-15(2,3)20-14(19)18-8-4-5-12(10-18)11-6-7-13(16)17-9-11/h5-7,9H,4,8,10H2,1-3H3. The molecule has 1 aromatic rings. The largest absolute Gasteiger partial charge is 0.444 e. The lowest BCUT2D eigenvalue weighted by Gasteiger charge is -2.30. The van der Waals surface area contributed by atoms with Gasteiger partial charge in [0.2, 0.25) is 0 Å².